The molecule has 1 N–H and O–H groups in total. The van der Waals surface area contributed by atoms with Crippen molar-refractivity contribution in [3.8, 4) is 0 Å². The Labute approximate surface area is 211 Å². The lowest BCUT2D eigenvalue weighted by Crippen LogP contribution is -3.10. The number of carbonyl (C=O) groups is 2. The first-order valence-electron chi connectivity index (χ1n) is 13.6. The lowest BCUT2D eigenvalue weighted by molar-refractivity contribution is -0.886. The van der Waals surface area contributed by atoms with Gasteiger partial charge in [-0.2, -0.15) is 0 Å². The van der Waals surface area contributed by atoms with Gasteiger partial charge in [0.2, 0.25) is 0 Å². The number of halogens is 1. The van der Waals surface area contributed by atoms with Gasteiger partial charge in [-0.05, 0) is 98.4 Å². The maximum atomic E-state index is 12.5. The van der Waals surface area contributed by atoms with Crippen molar-refractivity contribution in [1.82, 2.24) is 0 Å². The second-order valence-electron chi connectivity index (χ2n) is 12.4. The van der Waals surface area contributed by atoms with Crippen LogP contribution >= 0.6 is 0 Å². The first-order valence-corrected chi connectivity index (χ1v) is 13.6. The van der Waals surface area contributed by atoms with Crippen LogP contribution in [0.3, 0.4) is 0 Å². The van der Waals surface area contributed by atoms with Gasteiger partial charge in [0, 0.05) is 12.8 Å². The molecule has 5 rings (SSSR count). The van der Waals surface area contributed by atoms with Crippen LogP contribution in [0.4, 0.5) is 0 Å². The topological polar surface area (TPSA) is 47.8 Å². The molecule has 0 radical (unpaired) electrons. The van der Waals surface area contributed by atoms with Gasteiger partial charge in [-0.25, -0.2) is 0 Å². The summed E-state index contributed by atoms with van der Waals surface area (Å²) in [6.07, 6.45) is 15.0. The van der Waals surface area contributed by atoms with Gasteiger partial charge in [0.15, 0.2) is 5.78 Å². The van der Waals surface area contributed by atoms with Crippen LogP contribution in [-0.4, -0.2) is 37.5 Å². The number of rotatable bonds is 5. The SMILES string of the molecule is CC(=O)C1=CCC2C3CC[C@H]4CC(OC(=O)CC[NH+]5CCCC5)CCC4(C)C3CCC12C.[Br-]. The highest BCUT2D eigenvalue weighted by atomic mass is 79.9. The number of likely N-dealkylation sites (tertiary alicyclic amines) is 1. The highest BCUT2D eigenvalue weighted by Crippen LogP contribution is 2.66. The van der Waals surface area contributed by atoms with Gasteiger partial charge in [-0.1, -0.05) is 19.9 Å². The van der Waals surface area contributed by atoms with Crippen molar-refractivity contribution in [2.75, 3.05) is 19.6 Å². The zero-order valence-corrected chi connectivity index (χ0v) is 22.6. The second-order valence-corrected chi connectivity index (χ2v) is 12.4. The number of hydrogen-bond acceptors (Lipinski definition) is 3. The molecule has 4 nitrogen and oxygen atoms in total. The lowest BCUT2D eigenvalue weighted by atomic mass is 9.44. The van der Waals surface area contributed by atoms with Gasteiger partial charge >= 0.3 is 5.97 Å². The fourth-order valence-corrected chi connectivity index (χ4v) is 9.09. The van der Waals surface area contributed by atoms with E-state index in [0.717, 1.165) is 43.2 Å². The van der Waals surface area contributed by atoms with Gasteiger partial charge in [0.25, 0.3) is 0 Å². The van der Waals surface area contributed by atoms with E-state index in [4.69, 9.17) is 4.74 Å². The summed E-state index contributed by atoms with van der Waals surface area (Å²) in [5, 5.41) is 0. The molecule has 0 aromatic heterocycles. The molecule has 33 heavy (non-hydrogen) atoms. The van der Waals surface area contributed by atoms with E-state index in [1.54, 1.807) is 11.8 Å². The van der Waals surface area contributed by atoms with E-state index in [1.807, 2.05) is 0 Å². The molecule has 0 aromatic carbocycles. The maximum Gasteiger partial charge on any atom is 0.311 e. The minimum atomic E-state index is 0. The van der Waals surface area contributed by atoms with Gasteiger partial charge in [-0.15, -0.1) is 0 Å². The summed E-state index contributed by atoms with van der Waals surface area (Å²) in [6.45, 7) is 10.1. The molecule has 1 heterocycles. The molecular weight excluding hydrogens is 478 g/mol. The highest BCUT2D eigenvalue weighted by Gasteiger charge is 2.59. The molecular formula is C28H44BrNO3. The summed E-state index contributed by atoms with van der Waals surface area (Å²) in [4.78, 5) is 26.4. The number of fused-ring (bicyclic) bond motifs is 5. The Bertz CT molecular complexity index is 790. The van der Waals surface area contributed by atoms with Gasteiger partial charge in [-0.3, -0.25) is 9.59 Å². The normalized spacial score (nSPS) is 42.4. The fourth-order valence-electron chi connectivity index (χ4n) is 9.09. The van der Waals surface area contributed by atoms with E-state index in [0.29, 0.717) is 29.5 Å². The maximum absolute atomic E-state index is 12.5. The Morgan fingerprint density at radius 1 is 1.06 bits per heavy atom. The molecule has 4 fully saturated rings. The summed E-state index contributed by atoms with van der Waals surface area (Å²) in [7, 11) is 0. The number of nitrogens with one attached hydrogen (secondary N) is 1. The van der Waals surface area contributed by atoms with E-state index in [9.17, 15) is 9.59 Å². The van der Waals surface area contributed by atoms with Crippen LogP contribution in [-0.2, 0) is 14.3 Å². The zero-order chi connectivity index (χ0) is 22.5. The van der Waals surface area contributed by atoms with E-state index in [-0.39, 0.29) is 34.5 Å². The molecule has 1 aliphatic heterocycles. The van der Waals surface area contributed by atoms with Crippen molar-refractivity contribution in [3.63, 3.8) is 0 Å². The Kier molecular flexibility index (Phi) is 7.51. The van der Waals surface area contributed by atoms with Crippen LogP contribution in [0.2, 0.25) is 0 Å². The number of allylic oxidation sites excluding steroid dienone is 2. The third-order valence-corrected chi connectivity index (χ3v) is 10.9. The summed E-state index contributed by atoms with van der Waals surface area (Å²) in [6, 6.07) is 0. The molecule has 6 unspecified atom stereocenters. The highest BCUT2D eigenvalue weighted by molar-refractivity contribution is 5.95. The second kappa shape index (κ2) is 9.76. The van der Waals surface area contributed by atoms with E-state index < -0.39 is 0 Å². The van der Waals surface area contributed by atoms with E-state index >= 15 is 0 Å². The average molecular weight is 523 g/mol. The van der Waals surface area contributed by atoms with Crippen molar-refractivity contribution in [2.24, 2.45) is 34.5 Å². The smallest absolute Gasteiger partial charge is 0.311 e. The number of esters is 1. The predicted octanol–water partition coefficient (Wildman–Crippen LogP) is 1.14. The number of ether oxygens (including phenoxy) is 1. The van der Waals surface area contributed by atoms with Crippen LogP contribution in [0.1, 0.15) is 91.4 Å². The average Bonchev–Trinajstić information content (AvgIpc) is 3.39. The van der Waals surface area contributed by atoms with Crippen LogP contribution in [0.15, 0.2) is 11.6 Å². The first-order chi connectivity index (χ1) is 15.3. The van der Waals surface area contributed by atoms with Gasteiger partial charge in [0.1, 0.15) is 6.10 Å². The third kappa shape index (κ3) is 4.50. The van der Waals surface area contributed by atoms with Crippen LogP contribution < -0.4 is 21.9 Å². The standard InChI is InChI=1S/C28H43NO3.BrH/c1-19(30)23-8-9-24-22-7-6-20-18-21(32-26(31)12-17-29-15-4-5-16-29)10-13-27(20,2)25(22)11-14-28(23,24)3;/h8,20-22,24-25H,4-7,9-18H2,1-3H3;1H/t20-,21?,22?,24?,25?,27?,28?;/m0./s1. The molecule has 0 bridgehead atoms. The molecule has 0 aromatic rings. The van der Waals surface area contributed by atoms with Gasteiger partial charge < -0.3 is 26.6 Å². The summed E-state index contributed by atoms with van der Waals surface area (Å²) >= 11 is 0. The Hall–Kier alpha value is -0.680. The fraction of sp³-hybridized carbons (Fsp3) is 0.857. The Morgan fingerprint density at radius 3 is 2.55 bits per heavy atom. The van der Waals surface area contributed by atoms with Crippen molar-refractivity contribution in [1.29, 1.82) is 0 Å². The summed E-state index contributed by atoms with van der Waals surface area (Å²) in [5.74, 6) is 3.20. The zero-order valence-electron chi connectivity index (χ0n) is 21.0. The summed E-state index contributed by atoms with van der Waals surface area (Å²) < 4.78 is 6.01. The molecule has 186 valence electrons. The number of hydrogen-bond donors (Lipinski definition) is 1. The Balaban J connectivity index is 0.00000259. The van der Waals surface area contributed by atoms with E-state index in [2.05, 4.69) is 19.9 Å². The monoisotopic (exact) mass is 521 g/mol. The molecule has 5 heteroatoms. The molecule has 5 aliphatic rings. The van der Waals surface area contributed by atoms with Gasteiger partial charge in [0.05, 0.1) is 26.1 Å². The summed E-state index contributed by atoms with van der Waals surface area (Å²) in [5.41, 5.74) is 1.62. The molecule has 7 atom stereocenters. The van der Waals surface area contributed by atoms with Crippen LogP contribution in [0.5, 0.6) is 0 Å². The number of quaternary nitrogens is 1. The number of carbonyl (C=O) groups excluding carboxylic acids is 2. The first kappa shape index (κ1) is 25.4. The van der Waals surface area contributed by atoms with Crippen molar-refractivity contribution in [2.45, 2.75) is 97.5 Å². The van der Waals surface area contributed by atoms with Crippen molar-refractivity contribution in [3.05, 3.63) is 11.6 Å². The molecule has 0 spiro atoms. The molecule has 3 saturated carbocycles. The molecule has 0 amide bonds. The van der Waals surface area contributed by atoms with Crippen molar-refractivity contribution < 1.29 is 36.2 Å². The molecule has 1 saturated heterocycles. The lowest BCUT2D eigenvalue weighted by Gasteiger charge is -2.60. The minimum absolute atomic E-state index is 0. The number of ketones is 1. The third-order valence-electron chi connectivity index (χ3n) is 10.9. The minimum Gasteiger partial charge on any atom is -1.00 e. The van der Waals surface area contributed by atoms with E-state index in [1.165, 1.54) is 58.0 Å². The quantitative estimate of drug-likeness (QED) is 0.552. The largest absolute Gasteiger partial charge is 1.00 e. The Morgan fingerprint density at radius 2 is 1.82 bits per heavy atom. The van der Waals surface area contributed by atoms with Crippen LogP contribution in [0.25, 0.3) is 0 Å². The van der Waals surface area contributed by atoms with Crippen molar-refractivity contribution >= 4 is 11.8 Å². The number of Topliss-reactive ketones (excluding diaryl/α,β-unsaturated/α-hetero) is 1. The predicted molar refractivity (Wildman–Crippen MR) is 125 cm³/mol. The van der Waals surface area contributed by atoms with Crippen LogP contribution in [0, 0.1) is 34.5 Å². The molecule has 4 aliphatic carbocycles.